The first-order valence-electron chi connectivity index (χ1n) is 6.94. The zero-order valence-corrected chi connectivity index (χ0v) is 12.9. The summed E-state index contributed by atoms with van der Waals surface area (Å²) in [6, 6.07) is 9.16. The first-order valence-corrected chi connectivity index (χ1v) is 7.82. The number of rotatable bonds is 4. The first-order chi connectivity index (χ1) is 11.8. The summed E-state index contributed by atoms with van der Waals surface area (Å²) in [5.41, 5.74) is 0.813. The van der Waals surface area contributed by atoms with Crippen LogP contribution in [0.1, 0.15) is 10.5 Å². The smallest absolute Gasteiger partial charge is 0.280 e. The largest absolute Gasteiger partial charge is 0.442 e. The van der Waals surface area contributed by atoms with Crippen LogP contribution in [0.2, 0.25) is 0 Å². The first kappa shape index (κ1) is 14.3. The number of aromatic nitrogens is 5. The highest BCUT2D eigenvalue weighted by Gasteiger charge is 2.20. The highest BCUT2D eigenvalue weighted by atomic mass is 32.1. The van der Waals surface area contributed by atoms with Gasteiger partial charge in [0, 0.05) is 6.20 Å². The highest BCUT2D eigenvalue weighted by molar-refractivity contribution is 7.13. The van der Waals surface area contributed by atoms with Crippen LogP contribution in [-0.4, -0.2) is 31.1 Å². The molecule has 4 rings (SSSR count). The Bertz CT molecular complexity index is 961. The van der Waals surface area contributed by atoms with E-state index in [4.69, 9.17) is 4.42 Å². The SMILES string of the molecule is O=C(Nc1n[nH]c(-c2ccccn2)n1)c1ncoc1-c1cccs1. The summed E-state index contributed by atoms with van der Waals surface area (Å²) in [6.45, 7) is 0. The van der Waals surface area contributed by atoms with E-state index in [1.54, 1.807) is 18.3 Å². The topological polar surface area (TPSA) is 110 Å². The predicted molar refractivity (Wildman–Crippen MR) is 87.4 cm³/mol. The number of nitrogens with zero attached hydrogens (tertiary/aromatic N) is 4. The zero-order valence-electron chi connectivity index (χ0n) is 12.1. The summed E-state index contributed by atoms with van der Waals surface area (Å²) >= 11 is 1.46. The van der Waals surface area contributed by atoms with Crippen LogP contribution < -0.4 is 5.32 Å². The molecule has 0 aromatic carbocycles. The average Bonchev–Trinajstić information content (AvgIpc) is 3.36. The van der Waals surface area contributed by atoms with Gasteiger partial charge in [-0.1, -0.05) is 12.1 Å². The molecule has 0 saturated heterocycles. The quantitative estimate of drug-likeness (QED) is 0.592. The van der Waals surface area contributed by atoms with Crippen LogP contribution in [0, 0.1) is 0 Å². The van der Waals surface area contributed by atoms with Crippen LogP contribution in [0.15, 0.2) is 52.7 Å². The van der Waals surface area contributed by atoms with Gasteiger partial charge in [0.25, 0.3) is 5.91 Å². The van der Waals surface area contributed by atoms with Crippen LogP contribution in [0.3, 0.4) is 0 Å². The van der Waals surface area contributed by atoms with Crippen LogP contribution in [0.4, 0.5) is 5.95 Å². The van der Waals surface area contributed by atoms with E-state index in [2.05, 4.69) is 30.5 Å². The van der Waals surface area contributed by atoms with Crippen LogP contribution >= 0.6 is 11.3 Å². The molecule has 0 fully saturated rings. The lowest BCUT2D eigenvalue weighted by atomic mass is 10.3. The highest BCUT2D eigenvalue weighted by Crippen LogP contribution is 2.27. The molecule has 24 heavy (non-hydrogen) atoms. The molecule has 4 heterocycles. The number of carbonyl (C=O) groups is 1. The lowest BCUT2D eigenvalue weighted by molar-refractivity contribution is 0.102. The minimum Gasteiger partial charge on any atom is -0.442 e. The van der Waals surface area contributed by atoms with Gasteiger partial charge < -0.3 is 4.42 Å². The minimum atomic E-state index is -0.446. The van der Waals surface area contributed by atoms with Gasteiger partial charge in [0.05, 0.1) is 4.88 Å². The summed E-state index contributed by atoms with van der Waals surface area (Å²) in [5, 5.41) is 11.2. The second-order valence-electron chi connectivity index (χ2n) is 4.68. The molecule has 9 heteroatoms. The zero-order chi connectivity index (χ0) is 16.4. The van der Waals surface area contributed by atoms with E-state index in [-0.39, 0.29) is 11.6 Å². The van der Waals surface area contributed by atoms with E-state index in [1.165, 1.54) is 17.7 Å². The molecule has 0 unspecified atom stereocenters. The van der Waals surface area contributed by atoms with Crippen molar-refractivity contribution in [3.05, 3.63) is 54.0 Å². The number of pyridine rings is 1. The van der Waals surface area contributed by atoms with Gasteiger partial charge in [-0.05, 0) is 23.6 Å². The molecule has 8 nitrogen and oxygen atoms in total. The predicted octanol–water partition coefficient (Wildman–Crippen LogP) is 2.84. The Morgan fingerprint density at radius 2 is 2.17 bits per heavy atom. The number of oxazole rings is 1. The van der Waals surface area contributed by atoms with Gasteiger partial charge in [0.15, 0.2) is 23.7 Å². The number of H-pyrrole nitrogens is 1. The molecule has 0 aliphatic heterocycles. The molecule has 0 spiro atoms. The number of hydrogen-bond donors (Lipinski definition) is 2. The Kier molecular flexibility index (Phi) is 3.60. The van der Waals surface area contributed by atoms with Crippen molar-refractivity contribution in [2.45, 2.75) is 0 Å². The third-order valence-corrected chi connectivity index (χ3v) is 4.01. The van der Waals surface area contributed by atoms with Gasteiger partial charge in [0.2, 0.25) is 5.95 Å². The number of nitrogens with one attached hydrogen (secondary N) is 2. The summed E-state index contributed by atoms with van der Waals surface area (Å²) in [4.78, 5) is 25.6. The maximum atomic E-state index is 12.4. The molecule has 4 aromatic heterocycles. The monoisotopic (exact) mass is 338 g/mol. The standard InChI is InChI=1S/C15H10N6O2S/c22-14(11-12(23-8-17-11)10-5-3-7-24-10)19-15-18-13(20-21-15)9-4-1-2-6-16-9/h1-8H,(H2,18,19,20,21,22). The van der Waals surface area contributed by atoms with Crippen molar-refractivity contribution in [3.63, 3.8) is 0 Å². The van der Waals surface area contributed by atoms with E-state index < -0.39 is 5.91 Å². The molecule has 4 aromatic rings. The molecule has 0 saturated carbocycles. The van der Waals surface area contributed by atoms with Crippen LogP contribution in [0.25, 0.3) is 22.2 Å². The van der Waals surface area contributed by atoms with E-state index >= 15 is 0 Å². The Balaban J connectivity index is 1.56. The molecule has 1 amide bonds. The van der Waals surface area contributed by atoms with Gasteiger partial charge in [-0.2, -0.15) is 4.98 Å². The average molecular weight is 338 g/mol. The van der Waals surface area contributed by atoms with Gasteiger partial charge >= 0.3 is 0 Å². The van der Waals surface area contributed by atoms with Crippen molar-refractivity contribution in [2.24, 2.45) is 0 Å². The van der Waals surface area contributed by atoms with Gasteiger partial charge in [-0.15, -0.1) is 16.4 Å². The number of thiophene rings is 1. The number of amides is 1. The lowest BCUT2D eigenvalue weighted by Crippen LogP contribution is -2.14. The lowest BCUT2D eigenvalue weighted by Gasteiger charge is -1.99. The van der Waals surface area contributed by atoms with Crippen LogP contribution in [0.5, 0.6) is 0 Å². The molecule has 0 radical (unpaired) electrons. The van der Waals surface area contributed by atoms with E-state index in [9.17, 15) is 4.79 Å². The van der Waals surface area contributed by atoms with E-state index in [0.717, 1.165) is 4.88 Å². The van der Waals surface area contributed by atoms with Gasteiger partial charge in [0.1, 0.15) is 5.69 Å². The van der Waals surface area contributed by atoms with Crippen molar-refractivity contribution in [2.75, 3.05) is 5.32 Å². The fourth-order valence-corrected chi connectivity index (χ4v) is 2.80. The number of anilines is 1. The van der Waals surface area contributed by atoms with Crippen molar-refractivity contribution >= 4 is 23.2 Å². The molecule has 0 bridgehead atoms. The molecular weight excluding hydrogens is 328 g/mol. The molecule has 118 valence electrons. The van der Waals surface area contributed by atoms with Gasteiger partial charge in [-0.3, -0.25) is 20.2 Å². The molecule has 0 atom stereocenters. The van der Waals surface area contributed by atoms with Gasteiger partial charge in [-0.25, -0.2) is 4.98 Å². The number of carbonyl (C=O) groups excluding carboxylic acids is 1. The van der Waals surface area contributed by atoms with E-state index in [0.29, 0.717) is 17.3 Å². The van der Waals surface area contributed by atoms with Crippen molar-refractivity contribution < 1.29 is 9.21 Å². The summed E-state index contributed by atoms with van der Waals surface area (Å²) in [5.74, 6) is 0.576. The second kappa shape index (κ2) is 6.05. The Hall–Kier alpha value is -3.33. The normalized spacial score (nSPS) is 10.7. The number of hydrogen-bond acceptors (Lipinski definition) is 7. The molecule has 0 aliphatic carbocycles. The molecule has 2 N–H and O–H groups in total. The minimum absolute atomic E-state index is 0.140. The molecule has 0 aliphatic rings. The van der Waals surface area contributed by atoms with Crippen LogP contribution in [-0.2, 0) is 0 Å². The fraction of sp³-hybridized carbons (Fsp3) is 0. The second-order valence-corrected chi connectivity index (χ2v) is 5.63. The van der Waals surface area contributed by atoms with E-state index in [1.807, 2.05) is 23.6 Å². The Labute approximate surface area is 139 Å². The van der Waals surface area contributed by atoms with Crippen molar-refractivity contribution in [3.8, 4) is 22.2 Å². The third kappa shape index (κ3) is 2.68. The molecular formula is C15H10N6O2S. The Morgan fingerprint density at radius 3 is 2.96 bits per heavy atom. The summed E-state index contributed by atoms with van der Waals surface area (Å²) < 4.78 is 5.32. The van der Waals surface area contributed by atoms with Crippen molar-refractivity contribution in [1.29, 1.82) is 0 Å². The third-order valence-electron chi connectivity index (χ3n) is 3.15. The van der Waals surface area contributed by atoms with Crippen molar-refractivity contribution in [1.82, 2.24) is 25.1 Å². The fourth-order valence-electron chi connectivity index (χ4n) is 2.09. The number of aromatic amines is 1. The Morgan fingerprint density at radius 1 is 1.21 bits per heavy atom. The summed E-state index contributed by atoms with van der Waals surface area (Å²) in [7, 11) is 0. The maximum absolute atomic E-state index is 12.4. The summed E-state index contributed by atoms with van der Waals surface area (Å²) in [6.07, 6.45) is 2.89. The maximum Gasteiger partial charge on any atom is 0.280 e.